The van der Waals surface area contributed by atoms with Crippen LogP contribution in [0.5, 0.6) is 0 Å². The number of nitrogens with zero attached hydrogens (tertiary/aromatic N) is 2. The van der Waals surface area contributed by atoms with E-state index in [-0.39, 0.29) is 0 Å². The molecule has 1 aromatic heterocycles. The van der Waals surface area contributed by atoms with Crippen LogP contribution in [0.15, 0.2) is 36.5 Å². The zero-order valence-corrected chi connectivity index (χ0v) is 12.8. The first-order valence-electron chi connectivity index (χ1n) is 7.55. The lowest BCUT2D eigenvalue weighted by molar-refractivity contribution is 0.637. The number of rotatable bonds is 7. The van der Waals surface area contributed by atoms with E-state index < -0.39 is 0 Å². The summed E-state index contributed by atoms with van der Waals surface area (Å²) in [7, 11) is 1.98. The second-order valence-electron chi connectivity index (χ2n) is 5.29. The van der Waals surface area contributed by atoms with Crippen molar-refractivity contribution < 1.29 is 0 Å². The number of nitrogens with one attached hydrogen (secondary N) is 1. The highest BCUT2D eigenvalue weighted by Crippen LogP contribution is 2.23. The van der Waals surface area contributed by atoms with Crippen LogP contribution in [0, 0.1) is 0 Å². The van der Waals surface area contributed by atoms with Gasteiger partial charge in [0.2, 0.25) is 0 Å². The molecule has 0 saturated heterocycles. The number of benzene rings is 1. The molecule has 1 aromatic carbocycles. The Bertz CT molecular complexity index is 516. The van der Waals surface area contributed by atoms with Crippen LogP contribution in [-0.2, 0) is 13.5 Å². The van der Waals surface area contributed by atoms with E-state index in [1.165, 1.54) is 24.1 Å². The molecule has 0 saturated carbocycles. The SMILES string of the molecule is CCCC(CNc1cn(C)nc1CC)c1ccccc1. The van der Waals surface area contributed by atoms with Gasteiger partial charge in [-0.15, -0.1) is 0 Å². The smallest absolute Gasteiger partial charge is 0.0853 e. The third kappa shape index (κ3) is 3.62. The molecule has 20 heavy (non-hydrogen) atoms. The number of hydrogen-bond acceptors (Lipinski definition) is 2. The Morgan fingerprint density at radius 2 is 1.95 bits per heavy atom. The molecule has 0 amide bonds. The van der Waals surface area contributed by atoms with Crippen LogP contribution in [0.2, 0.25) is 0 Å². The van der Waals surface area contributed by atoms with E-state index in [4.69, 9.17) is 0 Å². The van der Waals surface area contributed by atoms with E-state index >= 15 is 0 Å². The van der Waals surface area contributed by atoms with Gasteiger partial charge in [0.1, 0.15) is 0 Å². The van der Waals surface area contributed by atoms with Crippen LogP contribution in [0.3, 0.4) is 0 Å². The van der Waals surface area contributed by atoms with Crippen molar-refractivity contribution >= 4 is 5.69 Å². The molecule has 108 valence electrons. The minimum Gasteiger partial charge on any atom is -0.382 e. The van der Waals surface area contributed by atoms with Gasteiger partial charge in [0, 0.05) is 25.7 Å². The Morgan fingerprint density at radius 1 is 1.20 bits per heavy atom. The van der Waals surface area contributed by atoms with E-state index in [1.54, 1.807) is 0 Å². The van der Waals surface area contributed by atoms with E-state index in [9.17, 15) is 0 Å². The van der Waals surface area contributed by atoms with Gasteiger partial charge in [0.05, 0.1) is 11.4 Å². The van der Waals surface area contributed by atoms with Gasteiger partial charge in [0.15, 0.2) is 0 Å². The topological polar surface area (TPSA) is 29.9 Å². The summed E-state index contributed by atoms with van der Waals surface area (Å²) in [5.74, 6) is 0.561. The number of anilines is 1. The molecule has 0 bridgehead atoms. The average Bonchev–Trinajstić information content (AvgIpc) is 2.84. The molecule has 0 aliphatic heterocycles. The predicted octanol–water partition coefficient (Wildman–Crippen LogP) is 3.98. The van der Waals surface area contributed by atoms with Gasteiger partial charge in [0.25, 0.3) is 0 Å². The van der Waals surface area contributed by atoms with Crippen LogP contribution in [-0.4, -0.2) is 16.3 Å². The first-order chi connectivity index (χ1) is 9.74. The summed E-state index contributed by atoms with van der Waals surface area (Å²) >= 11 is 0. The molecular formula is C17H25N3. The summed E-state index contributed by atoms with van der Waals surface area (Å²) in [4.78, 5) is 0. The average molecular weight is 271 g/mol. The van der Waals surface area contributed by atoms with Gasteiger partial charge >= 0.3 is 0 Å². The van der Waals surface area contributed by atoms with Gasteiger partial charge in [-0.25, -0.2) is 0 Å². The predicted molar refractivity (Wildman–Crippen MR) is 85.2 cm³/mol. The van der Waals surface area contributed by atoms with Gasteiger partial charge in [-0.05, 0) is 18.4 Å². The Hall–Kier alpha value is -1.77. The second kappa shape index (κ2) is 7.13. The maximum Gasteiger partial charge on any atom is 0.0853 e. The van der Waals surface area contributed by atoms with Crippen LogP contribution < -0.4 is 5.32 Å². The first-order valence-corrected chi connectivity index (χ1v) is 7.55. The summed E-state index contributed by atoms with van der Waals surface area (Å²) in [6.07, 6.45) is 5.45. The molecule has 3 nitrogen and oxygen atoms in total. The first kappa shape index (κ1) is 14.6. The largest absolute Gasteiger partial charge is 0.382 e. The lowest BCUT2D eigenvalue weighted by Crippen LogP contribution is -2.13. The monoisotopic (exact) mass is 271 g/mol. The molecule has 0 fully saturated rings. The van der Waals surface area contributed by atoms with Crippen molar-refractivity contribution in [1.29, 1.82) is 0 Å². The molecule has 1 heterocycles. The molecule has 0 radical (unpaired) electrons. The fourth-order valence-electron chi connectivity index (χ4n) is 2.64. The van der Waals surface area contributed by atoms with E-state index in [0.717, 1.165) is 18.7 Å². The summed E-state index contributed by atoms with van der Waals surface area (Å²) in [6, 6.07) is 10.8. The Labute approximate surface area is 122 Å². The van der Waals surface area contributed by atoms with Gasteiger partial charge in [-0.1, -0.05) is 50.6 Å². The zero-order chi connectivity index (χ0) is 14.4. The quantitative estimate of drug-likeness (QED) is 0.825. The lowest BCUT2D eigenvalue weighted by atomic mass is 9.94. The molecule has 1 N–H and O–H groups in total. The van der Waals surface area contributed by atoms with Crippen molar-refractivity contribution in [2.24, 2.45) is 7.05 Å². The van der Waals surface area contributed by atoms with Gasteiger partial charge in [-0.3, -0.25) is 4.68 Å². The van der Waals surface area contributed by atoms with Crippen LogP contribution >= 0.6 is 0 Å². The molecule has 3 heteroatoms. The third-order valence-corrected chi connectivity index (χ3v) is 3.69. The minimum absolute atomic E-state index is 0.561. The van der Waals surface area contributed by atoms with Crippen molar-refractivity contribution in [2.75, 3.05) is 11.9 Å². The Kier molecular flexibility index (Phi) is 5.22. The molecule has 1 atom stereocenters. The maximum atomic E-state index is 4.48. The number of hydrogen-bond donors (Lipinski definition) is 1. The van der Waals surface area contributed by atoms with E-state index in [2.05, 4.69) is 60.8 Å². The molecular weight excluding hydrogens is 246 g/mol. The maximum absolute atomic E-state index is 4.48. The normalized spacial score (nSPS) is 12.3. The van der Waals surface area contributed by atoms with Crippen molar-refractivity contribution in [2.45, 2.75) is 39.0 Å². The minimum atomic E-state index is 0.561. The standard InChI is InChI=1S/C17H25N3/c1-4-9-15(14-10-7-6-8-11-14)12-18-17-13-20(3)19-16(17)5-2/h6-8,10-11,13,15,18H,4-5,9,12H2,1-3H3. The van der Waals surface area contributed by atoms with E-state index in [0.29, 0.717) is 5.92 Å². The van der Waals surface area contributed by atoms with Crippen LogP contribution in [0.25, 0.3) is 0 Å². The van der Waals surface area contributed by atoms with Crippen LogP contribution in [0.4, 0.5) is 5.69 Å². The molecule has 2 rings (SSSR count). The highest BCUT2D eigenvalue weighted by Gasteiger charge is 2.12. The lowest BCUT2D eigenvalue weighted by Gasteiger charge is -2.18. The second-order valence-corrected chi connectivity index (χ2v) is 5.29. The van der Waals surface area contributed by atoms with Gasteiger partial charge < -0.3 is 5.32 Å². The zero-order valence-electron chi connectivity index (χ0n) is 12.8. The highest BCUT2D eigenvalue weighted by molar-refractivity contribution is 5.46. The van der Waals surface area contributed by atoms with Crippen molar-refractivity contribution in [3.63, 3.8) is 0 Å². The Balaban J connectivity index is 2.05. The summed E-state index contributed by atoms with van der Waals surface area (Å²) in [5.41, 5.74) is 3.74. The fraction of sp³-hybridized carbons (Fsp3) is 0.471. The molecule has 0 aliphatic carbocycles. The van der Waals surface area contributed by atoms with Gasteiger partial charge in [-0.2, -0.15) is 5.10 Å². The molecule has 2 aromatic rings. The van der Waals surface area contributed by atoms with Crippen molar-refractivity contribution in [3.8, 4) is 0 Å². The summed E-state index contributed by atoms with van der Waals surface area (Å²) in [5, 5.41) is 8.07. The summed E-state index contributed by atoms with van der Waals surface area (Å²) < 4.78 is 1.89. The molecule has 0 spiro atoms. The molecule has 1 unspecified atom stereocenters. The van der Waals surface area contributed by atoms with Crippen molar-refractivity contribution in [3.05, 3.63) is 47.8 Å². The number of aromatic nitrogens is 2. The summed E-state index contributed by atoms with van der Waals surface area (Å²) in [6.45, 7) is 5.36. The number of aryl methyl sites for hydroxylation is 2. The molecule has 0 aliphatic rings. The fourth-order valence-corrected chi connectivity index (χ4v) is 2.64. The van der Waals surface area contributed by atoms with Crippen LogP contribution in [0.1, 0.15) is 43.9 Å². The van der Waals surface area contributed by atoms with Crippen molar-refractivity contribution in [1.82, 2.24) is 9.78 Å². The third-order valence-electron chi connectivity index (χ3n) is 3.69. The Morgan fingerprint density at radius 3 is 2.60 bits per heavy atom. The van der Waals surface area contributed by atoms with E-state index in [1.807, 2.05) is 11.7 Å². The highest BCUT2D eigenvalue weighted by atomic mass is 15.3.